The fourth-order valence-corrected chi connectivity index (χ4v) is 9.69. The van der Waals surface area contributed by atoms with Crippen molar-refractivity contribution in [2.24, 2.45) is 5.92 Å². The summed E-state index contributed by atoms with van der Waals surface area (Å²) in [5.74, 6) is -0.760. The molecule has 0 aliphatic carbocycles. The van der Waals surface area contributed by atoms with Crippen LogP contribution in [0.5, 0.6) is 5.75 Å². The molecule has 5 fully saturated rings. The van der Waals surface area contributed by atoms with Gasteiger partial charge >= 0.3 is 0 Å². The lowest BCUT2D eigenvalue weighted by Gasteiger charge is -2.45. The number of nitrogens with zero attached hydrogens (tertiary/aromatic N) is 6. The standard InChI is InChI=1S/C42H42ClN7O6/c43-36-20-32(9-3-27(36)21-44)56-33-17-30-6-7-31(18-33)49(30)40(53)26-1-4-28(5-2-26)47-15-13-46(14-16-47)22-25-23-48(24-25)29-8-10-34-35(19-29)42(55)50(41(34)54)37-11-12-38(51)45-39(37)52/h1-5,8-10,19-20,25,30-31,33,37H,6-7,11-18,22-24H2,(H,45,51,52). The molecule has 13 nitrogen and oxygen atoms in total. The molecule has 3 unspecified atom stereocenters. The van der Waals surface area contributed by atoms with Crippen molar-refractivity contribution in [2.45, 2.75) is 62.8 Å². The number of piperazine rings is 1. The molecule has 2 bridgehead atoms. The van der Waals surface area contributed by atoms with E-state index in [2.05, 4.69) is 43.1 Å². The van der Waals surface area contributed by atoms with Gasteiger partial charge in [-0.2, -0.15) is 5.26 Å². The molecule has 6 aliphatic rings. The number of hydrogen-bond acceptors (Lipinski definition) is 10. The van der Waals surface area contributed by atoms with Crippen molar-refractivity contribution in [3.63, 3.8) is 0 Å². The Bertz CT molecular complexity index is 2140. The van der Waals surface area contributed by atoms with Gasteiger partial charge in [-0.25, -0.2) is 0 Å². The summed E-state index contributed by atoms with van der Waals surface area (Å²) in [6.07, 6.45) is 3.70. The molecule has 0 radical (unpaired) electrons. The average molecular weight is 776 g/mol. The number of carbonyl (C=O) groups excluding carboxylic acids is 5. The highest BCUT2D eigenvalue weighted by molar-refractivity contribution is 6.31. The number of hydrogen-bond donors (Lipinski definition) is 1. The van der Waals surface area contributed by atoms with Gasteiger partial charge in [0, 0.05) is 106 Å². The van der Waals surface area contributed by atoms with Gasteiger partial charge in [-0.15, -0.1) is 0 Å². The lowest BCUT2D eigenvalue weighted by atomic mass is 9.97. The highest BCUT2D eigenvalue weighted by Gasteiger charge is 2.46. The van der Waals surface area contributed by atoms with Crippen LogP contribution < -0.4 is 19.9 Å². The fraction of sp³-hybridized carbons (Fsp3) is 0.429. The third-order valence-electron chi connectivity index (χ3n) is 12.4. The van der Waals surface area contributed by atoms with Gasteiger partial charge in [-0.05, 0) is 73.9 Å². The molecule has 6 aliphatic heterocycles. The Morgan fingerprint density at radius 3 is 2.20 bits per heavy atom. The zero-order valence-electron chi connectivity index (χ0n) is 30.9. The highest BCUT2D eigenvalue weighted by Crippen LogP contribution is 2.39. The van der Waals surface area contributed by atoms with Crippen molar-refractivity contribution < 1.29 is 28.7 Å². The van der Waals surface area contributed by atoms with Crippen molar-refractivity contribution in [1.82, 2.24) is 20.0 Å². The Kier molecular flexibility index (Phi) is 9.42. The van der Waals surface area contributed by atoms with E-state index in [1.165, 1.54) is 0 Å². The zero-order chi connectivity index (χ0) is 38.7. The van der Waals surface area contributed by atoms with E-state index in [4.69, 9.17) is 21.6 Å². The molecule has 0 spiro atoms. The molecule has 288 valence electrons. The summed E-state index contributed by atoms with van der Waals surface area (Å²) in [5, 5.41) is 11.8. The molecule has 1 N–H and O–H groups in total. The number of piperidine rings is 2. The lowest BCUT2D eigenvalue weighted by molar-refractivity contribution is -0.136. The van der Waals surface area contributed by atoms with Crippen LogP contribution in [0.4, 0.5) is 11.4 Å². The maximum Gasteiger partial charge on any atom is 0.262 e. The molecule has 0 aromatic heterocycles. The van der Waals surface area contributed by atoms with E-state index in [-0.39, 0.29) is 36.9 Å². The second kappa shape index (κ2) is 14.6. The molecular weight excluding hydrogens is 734 g/mol. The topological polar surface area (TPSA) is 147 Å². The van der Waals surface area contributed by atoms with Gasteiger partial charge in [0.25, 0.3) is 17.7 Å². The van der Waals surface area contributed by atoms with Crippen molar-refractivity contribution in [2.75, 3.05) is 55.6 Å². The summed E-state index contributed by atoms with van der Waals surface area (Å²) in [7, 11) is 0. The number of carbonyl (C=O) groups is 5. The first-order valence-corrected chi connectivity index (χ1v) is 19.9. The number of nitrogens with one attached hydrogen (secondary N) is 1. The van der Waals surface area contributed by atoms with Crippen LogP contribution >= 0.6 is 11.6 Å². The molecule has 14 heteroatoms. The number of halogens is 1. The van der Waals surface area contributed by atoms with Gasteiger partial charge in [-0.1, -0.05) is 11.6 Å². The third kappa shape index (κ3) is 6.64. The van der Waals surface area contributed by atoms with Crippen LogP contribution in [-0.4, -0.2) is 114 Å². The number of benzene rings is 3. The molecule has 5 saturated heterocycles. The Balaban J connectivity index is 0.735. The van der Waals surface area contributed by atoms with E-state index in [9.17, 15) is 24.0 Å². The number of imide groups is 2. The number of rotatable bonds is 8. The third-order valence-corrected chi connectivity index (χ3v) is 12.7. The number of nitriles is 1. The maximum atomic E-state index is 13.8. The Hall–Kier alpha value is -5.45. The van der Waals surface area contributed by atoms with Crippen molar-refractivity contribution in [3.8, 4) is 11.8 Å². The van der Waals surface area contributed by atoms with Gasteiger partial charge in [0.2, 0.25) is 11.8 Å². The predicted molar refractivity (Wildman–Crippen MR) is 207 cm³/mol. The van der Waals surface area contributed by atoms with E-state index in [1.807, 2.05) is 18.2 Å². The number of anilines is 2. The number of fused-ring (bicyclic) bond motifs is 3. The van der Waals surface area contributed by atoms with Crippen LogP contribution in [0.2, 0.25) is 5.02 Å². The minimum Gasteiger partial charge on any atom is -0.490 e. The summed E-state index contributed by atoms with van der Waals surface area (Å²) in [5.41, 5.74) is 3.73. The first-order valence-electron chi connectivity index (χ1n) is 19.5. The molecule has 5 amide bonds. The van der Waals surface area contributed by atoms with Gasteiger partial charge in [0.05, 0.1) is 21.7 Å². The second-order valence-electron chi connectivity index (χ2n) is 15.8. The van der Waals surface area contributed by atoms with Crippen LogP contribution in [0.3, 0.4) is 0 Å². The molecular formula is C42H42ClN7O6. The Labute approximate surface area is 329 Å². The molecule has 3 aromatic rings. The van der Waals surface area contributed by atoms with Crippen LogP contribution in [0.15, 0.2) is 60.7 Å². The smallest absolute Gasteiger partial charge is 0.262 e. The van der Waals surface area contributed by atoms with Gasteiger partial charge in [0.15, 0.2) is 0 Å². The van der Waals surface area contributed by atoms with E-state index >= 15 is 0 Å². The first kappa shape index (κ1) is 36.2. The second-order valence-corrected chi connectivity index (χ2v) is 16.3. The van der Waals surface area contributed by atoms with E-state index in [0.29, 0.717) is 38.9 Å². The lowest BCUT2D eigenvalue weighted by Crippen LogP contribution is -2.55. The van der Waals surface area contributed by atoms with Crippen molar-refractivity contribution >= 4 is 52.5 Å². The summed E-state index contributed by atoms with van der Waals surface area (Å²) in [6, 6.07) is 19.9. The number of amides is 5. The summed E-state index contributed by atoms with van der Waals surface area (Å²) in [6.45, 7) is 6.37. The zero-order valence-corrected chi connectivity index (χ0v) is 31.6. The Morgan fingerprint density at radius 1 is 0.821 bits per heavy atom. The van der Waals surface area contributed by atoms with Crippen molar-refractivity contribution in [3.05, 3.63) is 87.9 Å². The molecule has 9 rings (SSSR count). The highest BCUT2D eigenvalue weighted by atomic mass is 35.5. The van der Waals surface area contributed by atoms with Crippen LogP contribution in [0.25, 0.3) is 0 Å². The average Bonchev–Trinajstić information content (AvgIpc) is 3.59. The van der Waals surface area contributed by atoms with E-state index in [1.54, 1.807) is 30.3 Å². The largest absolute Gasteiger partial charge is 0.490 e. The van der Waals surface area contributed by atoms with Crippen LogP contribution in [0.1, 0.15) is 75.2 Å². The molecule has 56 heavy (non-hydrogen) atoms. The quantitative estimate of drug-likeness (QED) is 0.332. The van der Waals surface area contributed by atoms with Gasteiger partial charge in [0.1, 0.15) is 24.0 Å². The molecule has 0 saturated carbocycles. The monoisotopic (exact) mass is 775 g/mol. The van der Waals surface area contributed by atoms with Gasteiger partial charge in [-0.3, -0.25) is 39.1 Å². The molecule has 3 atom stereocenters. The SMILES string of the molecule is N#Cc1ccc(OC2CC3CCC(C2)N3C(=O)c2ccc(N3CCN(CC4CN(c5ccc6c(c5)C(=O)N(C5CCC(=O)NC5=O)C6=O)C4)CC3)cc2)cc1Cl. The van der Waals surface area contributed by atoms with E-state index in [0.717, 1.165) is 87.8 Å². The Morgan fingerprint density at radius 2 is 1.52 bits per heavy atom. The summed E-state index contributed by atoms with van der Waals surface area (Å²) in [4.78, 5) is 74.3. The van der Waals surface area contributed by atoms with Gasteiger partial charge < -0.3 is 19.4 Å². The fourth-order valence-electron chi connectivity index (χ4n) is 9.48. The van der Waals surface area contributed by atoms with Crippen LogP contribution in [0, 0.1) is 17.2 Å². The number of ether oxygens (including phenoxy) is 1. The normalized spacial score (nSPS) is 25.2. The first-order chi connectivity index (χ1) is 27.1. The molecule has 3 aromatic carbocycles. The summed E-state index contributed by atoms with van der Waals surface area (Å²) < 4.78 is 6.26. The van der Waals surface area contributed by atoms with Crippen molar-refractivity contribution in [1.29, 1.82) is 5.26 Å². The van der Waals surface area contributed by atoms with Crippen LogP contribution in [-0.2, 0) is 9.59 Å². The predicted octanol–water partition coefficient (Wildman–Crippen LogP) is 4.09. The minimum absolute atomic E-state index is 0.00354. The summed E-state index contributed by atoms with van der Waals surface area (Å²) >= 11 is 6.22. The molecule has 6 heterocycles. The minimum atomic E-state index is -0.971. The maximum absolute atomic E-state index is 13.8. The van der Waals surface area contributed by atoms with E-state index < -0.39 is 29.7 Å².